The lowest BCUT2D eigenvalue weighted by Crippen LogP contribution is -2.13. The van der Waals surface area contributed by atoms with Crippen molar-refractivity contribution in [2.75, 3.05) is 0 Å². The first-order valence-electron chi connectivity index (χ1n) is 5.10. The Labute approximate surface area is 108 Å². The van der Waals surface area contributed by atoms with Crippen LogP contribution in [0.25, 0.3) is 0 Å². The van der Waals surface area contributed by atoms with Gasteiger partial charge in [0.15, 0.2) is 3.77 Å². The molecular formula is C12H13IN2O. The van der Waals surface area contributed by atoms with Crippen molar-refractivity contribution in [1.82, 2.24) is 10.3 Å². The second-order valence-electron chi connectivity index (χ2n) is 3.61. The lowest BCUT2D eigenvalue weighted by molar-refractivity contribution is 0.463. The molecule has 0 radical (unpaired) electrons. The monoisotopic (exact) mass is 328 g/mol. The van der Waals surface area contributed by atoms with Crippen LogP contribution in [0, 0.1) is 10.7 Å². The molecule has 2 rings (SSSR count). The van der Waals surface area contributed by atoms with Crippen molar-refractivity contribution in [1.29, 1.82) is 0 Å². The van der Waals surface area contributed by atoms with E-state index in [9.17, 15) is 0 Å². The quantitative estimate of drug-likeness (QED) is 0.877. The molecule has 1 N–H and O–H groups in total. The van der Waals surface area contributed by atoms with Gasteiger partial charge in [0.2, 0.25) is 0 Å². The Bertz CT molecular complexity index is 468. The molecule has 0 fully saturated rings. The molecule has 2 aromatic rings. The highest BCUT2D eigenvalue weighted by molar-refractivity contribution is 14.1. The van der Waals surface area contributed by atoms with Gasteiger partial charge in [-0.1, -0.05) is 0 Å². The molecule has 0 aromatic carbocycles. The number of aryl methyl sites for hydroxylation is 1. The number of furan rings is 1. The Morgan fingerprint density at radius 3 is 2.88 bits per heavy atom. The molecule has 0 saturated carbocycles. The minimum atomic E-state index is 0.747. The Hall–Kier alpha value is -0.880. The molecule has 0 aliphatic rings. The zero-order valence-electron chi connectivity index (χ0n) is 9.03. The highest BCUT2D eigenvalue weighted by atomic mass is 127. The first-order chi connectivity index (χ1) is 7.75. The van der Waals surface area contributed by atoms with Crippen molar-refractivity contribution in [3.05, 3.63) is 51.2 Å². The van der Waals surface area contributed by atoms with Gasteiger partial charge in [0, 0.05) is 18.9 Å². The highest BCUT2D eigenvalue weighted by Gasteiger charge is 2.00. The topological polar surface area (TPSA) is 38.1 Å². The molecule has 0 aliphatic carbocycles. The van der Waals surface area contributed by atoms with E-state index in [1.54, 1.807) is 0 Å². The minimum Gasteiger partial charge on any atom is -0.454 e. The van der Waals surface area contributed by atoms with Crippen LogP contribution in [-0.2, 0) is 13.1 Å². The standard InChI is InChI=1S/C12H13IN2O/c1-9-4-5-14-6-10(9)7-15-8-11-2-3-12(13)16-11/h2-6,15H,7-8H2,1H3. The molecule has 0 atom stereocenters. The fraction of sp³-hybridized carbons (Fsp3) is 0.250. The number of aromatic nitrogens is 1. The summed E-state index contributed by atoms with van der Waals surface area (Å²) in [5, 5.41) is 3.34. The molecule has 0 spiro atoms. The van der Waals surface area contributed by atoms with Gasteiger partial charge in [-0.3, -0.25) is 4.98 Å². The summed E-state index contributed by atoms with van der Waals surface area (Å²) in [6.45, 7) is 3.66. The largest absolute Gasteiger partial charge is 0.454 e. The van der Waals surface area contributed by atoms with Crippen LogP contribution in [0.2, 0.25) is 0 Å². The van der Waals surface area contributed by atoms with Crippen LogP contribution in [-0.4, -0.2) is 4.98 Å². The van der Waals surface area contributed by atoms with Gasteiger partial charge in [-0.25, -0.2) is 0 Å². The van der Waals surface area contributed by atoms with Gasteiger partial charge in [-0.2, -0.15) is 0 Å². The van der Waals surface area contributed by atoms with Crippen molar-refractivity contribution in [3.8, 4) is 0 Å². The van der Waals surface area contributed by atoms with E-state index in [-0.39, 0.29) is 0 Å². The molecular weight excluding hydrogens is 315 g/mol. The average Bonchev–Trinajstić information content (AvgIpc) is 2.67. The predicted octanol–water partition coefficient (Wildman–Crippen LogP) is 2.88. The molecule has 0 bridgehead atoms. The van der Waals surface area contributed by atoms with Crippen LogP contribution in [0.3, 0.4) is 0 Å². The SMILES string of the molecule is Cc1ccncc1CNCc1ccc(I)o1. The summed E-state index contributed by atoms with van der Waals surface area (Å²) in [6.07, 6.45) is 3.71. The molecule has 0 unspecified atom stereocenters. The van der Waals surface area contributed by atoms with Crippen LogP contribution in [0.4, 0.5) is 0 Å². The third-order valence-corrected chi connectivity index (χ3v) is 2.97. The zero-order valence-corrected chi connectivity index (χ0v) is 11.2. The normalized spacial score (nSPS) is 10.6. The lowest BCUT2D eigenvalue weighted by atomic mass is 10.1. The van der Waals surface area contributed by atoms with Gasteiger partial charge in [-0.15, -0.1) is 0 Å². The zero-order chi connectivity index (χ0) is 11.4. The van der Waals surface area contributed by atoms with Crippen molar-refractivity contribution < 1.29 is 4.42 Å². The van der Waals surface area contributed by atoms with Crippen LogP contribution in [0.5, 0.6) is 0 Å². The maximum Gasteiger partial charge on any atom is 0.164 e. The summed E-state index contributed by atoms with van der Waals surface area (Å²) in [5.41, 5.74) is 2.49. The van der Waals surface area contributed by atoms with Gasteiger partial charge in [0.25, 0.3) is 0 Å². The van der Waals surface area contributed by atoms with E-state index in [4.69, 9.17) is 4.42 Å². The number of pyridine rings is 1. The highest BCUT2D eigenvalue weighted by Crippen LogP contribution is 2.10. The van der Waals surface area contributed by atoms with Crippen molar-refractivity contribution in [2.24, 2.45) is 0 Å². The van der Waals surface area contributed by atoms with Gasteiger partial charge in [0.1, 0.15) is 5.76 Å². The number of nitrogens with one attached hydrogen (secondary N) is 1. The first kappa shape index (κ1) is 11.6. The summed E-state index contributed by atoms with van der Waals surface area (Å²) in [7, 11) is 0. The van der Waals surface area contributed by atoms with E-state index in [0.29, 0.717) is 0 Å². The summed E-state index contributed by atoms with van der Waals surface area (Å²) in [6, 6.07) is 5.98. The van der Waals surface area contributed by atoms with Crippen molar-refractivity contribution in [3.63, 3.8) is 0 Å². The van der Waals surface area contributed by atoms with Crippen molar-refractivity contribution in [2.45, 2.75) is 20.0 Å². The number of hydrogen-bond donors (Lipinski definition) is 1. The van der Waals surface area contributed by atoms with E-state index < -0.39 is 0 Å². The molecule has 0 aliphatic heterocycles. The van der Waals surface area contributed by atoms with E-state index in [1.165, 1.54) is 11.1 Å². The Morgan fingerprint density at radius 1 is 1.31 bits per heavy atom. The van der Waals surface area contributed by atoms with Crippen LogP contribution in [0.1, 0.15) is 16.9 Å². The second kappa shape index (κ2) is 5.45. The average molecular weight is 328 g/mol. The summed E-state index contributed by atoms with van der Waals surface area (Å²) in [4.78, 5) is 4.11. The number of nitrogens with zero attached hydrogens (tertiary/aromatic N) is 1. The van der Waals surface area contributed by atoms with Gasteiger partial charge >= 0.3 is 0 Å². The maximum atomic E-state index is 5.46. The van der Waals surface area contributed by atoms with Gasteiger partial charge in [-0.05, 0) is 58.8 Å². The summed E-state index contributed by atoms with van der Waals surface area (Å²) < 4.78 is 6.38. The summed E-state index contributed by atoms with van der Waals surface area (Å²) >= 11 is 2.16. The first-order valence-corrected chi connectivity index (χ1v) is 6.18. The Morgan fingerprint density at radius 2 is 2.19 bits per heavy atom. The van der Waals surface area contributed by atoms with Crippen molar-refractivity contribution >= 4 is 22.6 Å². The van der Waals surface area contributed by atoms with Gasteiger partial charge < -0.3 is 9.73 Å². The molecule has 16 heavy (non-hydrogen) atoms. The third kappa shape index (κ3) is 3.05. The van der Waals surface area contributed by atoms with E-state index >= 15 is 0 Å². The molecule has 0 amide bonds. The maximum absolute atomic E-state index is 5.46. The van der Waals surface area contributed by atoms with Gasteiger partial charge in [0.05, 0.1) is 6.54 Å². The van der Waals surface area contributed by atoms with Crippen LogP contribution >= 0.6 is 22.6 Å². The van der Waals surface area contributed by atoms with E-state index in [0.717, 1.165) is 22.6 Å². The number of halogens is 1. The van der Waals surface area contributed by atoms with Crippen LogP contribution < -0.4 is 5.32 Å². The molecule has 4 heteroatoms. The Balaban J connectivity index is 1.87. The molecule has 84 valence electrons. The van der Waals surface area contributed by atoms with Crippen LogP contribution in [0.15, 0.2) is 35.0 Å². The van der Waals surface area contributed by atoms with E-state index in [1.807, 2.05) is 30.6 Å². The summed E-state index contributed by atoms with van der Waals surface area (Å²) in [5.74, 6) is 0.964. The fourth-order valence-electron chi connectivity index (χ4n) is 1.45. The second-order valence-corrected chi connectivity index (χ2v) is 4.67. The predicted molar refractivity (Wildman–Crippen MR) is 70.9 cm³/mol. The smallest absolute Gasteiger partial charge is 0.164 e. The van der Waals surface area contributed by atoms with E-state index in [2.05, 4.69) is 39.8 Å². The Kier molecular flexibility index (Phi) is 3.95. The lowest BCUT2D eigenvalue weighted by Gasteiger charge is -2.05. The molecule has 3 nitrogen and oxygen atoms in total. The third-order valence-electron chi connectivity index (χ3n) is 2.39. The fourth-order valence-corrected chi connectivity index (χ4v) is 1.91. The molecule has 2 heterocycles. The minimum absolute atomic E-state index is 0.747. The number of hydrogen-bond acceptors (Lipinski definition) is 3. The molecule has 0 saturated heterocycles. The number of rotatable bonds is 4. The molecule has 2 aromatic heterocycles.